The first-order chi connectivity index (χ1) is 13.0. The zero-order valence-corrected chi connectivity index (χ0v) is 15.7. The van der Waals surface area contributed by atoms with Crippen LogP contribution in [0.5, 0.6) is 0 Å². The first kappa shape index (κ1) is 19.5. The second kappa shape index (κ2) is 9.09. The molecule has 1 aliphatic heterocycles. The summed E-state index contributed by atoms with van der Waals surface area (Å²) in [6.45, 7) is 3.22. The van der Waals surface area contributed by atoms with Crippen LogP contribution in [-0.2, 0) is 6.42 Å². The molecule has 1 heterocycles. The third-order valence-corrected chi connectivity index (χ3v) is 5.17. The molecule has 5 heteroatoms. The van der Waals surface area contributed by atoms with E-state index in [2.05, 4.69) is 11.9 Å². The monoisotopic (exact) mass is 372 g/mol. The van der Waals surface area contributed by atoms with Gasteiger partial charge in [0.15, 0.2) is 11.6 Å². The van der Waals surface area contributed by atoms with Crippen molar-refractivity contribution in [3.05, 3.63) is 71.3 Å². The van der Waals surface area contributed by atoms with Crippen molar-refractivity contribution in [1.29, 1.82) is 0 Å². The number of amides is 1. The highest BCUT2D eigenvalue weighted by Crippen LogP contribution is 2.19. The minimum Gasteiger partial charge on any atom is -0.338 e. The normalized spacial score (nSPS) is 17.7. The van der Waals surface area contributed by atoms with E-state index in [-0.39, 0.29) is 11.5 Å². The van der Waals surface area contributed by atoms with Crippen LogP contribution < -0.4 is 0 Å². The number of carbonyl (C=O) groups is 1. The largest absolute Gasteiger partial charge is 0.338 e. The molecule has 0 radical (unpaired) electrons. The Bertz CT molecular complexity index is 766. The van der Waals surface area contributed by atoms with Gasteiger partial charge in [-0.3, -0.25) is 4.79 Å². The van der Waals surface area contributed by atoms with Gasteiger partial charge in [0.1, 0.15) is 0 Å². The molecule has 27 heavy (non-hydrogen) atoms. The molecular weight excluding hydrogens is 346 g/mol. The first-order valence-electron chi connectivity index (χ1n) is 9.49. The summed E-state index contributed by atoms with van der Waals surface area (Å²) >= 11 is 0. The fourth-order valence-corrected chi connectivity index (χ4v) is 3.73. The van der Waals surface area contributed by atoms with E-state index in [1.54, 1.807) is 4.90 Å². The maximum absolute atomic E-state index is 13.6. The Balaban J connectivity index is 1.74. The molecule has 0 saturated carbocycles. The van der Waals surface area contributed by atoms with Gasteiger partial charge in [0.2, 0.25) is 0 Å². The lowest BCUT2D eigenvalue weighted by Crippen LogP contribution is -2.42. The lowest BCUT2D eigenvalue weighted by Gasteiger charge is -2.34. The minimum absolute atomic E-state index is 0.200. The van der Waals surface area contributed by atoms with Crippen molar-refractivity contribution < 1.29 is 13.6 Å². The van der Waals surface area contributed by atoms with Gasteiger partial charge in [-0.15, -0.1) is 0 Å². The average Bonchev–Trinajstić information content (AvgIpc) is 2.67. The van der Waals surface area contributed by atoms with Gasteiger partial charge < -0.3 is 9.80 Å². The maximum atomic E-state index is 13.6. The zero-order chi connectivity index (χ0) is 19.2. The second-order valence-electron chi connectivity index (χ2n) is 7.39. The van der Waals surface area contributed by atoms with Gasteiger partial charge >= 0.3 is 0 Å². The number of nitrogens with zero attached hydrogens (tertiary/aromatic N) is 2. The number of piperidine rings is 1. The van der Waals surface area contributed by atoms with Gasteiger partial charge in [-0.1, -0.05) is 30.3 Å². The van der Waals surface area contributed by atoms with Crippen LogP contribution in [0.25, 0.3) is 0 Å². The molecule has 0 bridgehead atoms. The summed E-state index contributed by atoms with van der Waals surface area (Å²) in [7, 11) is 2.09. The molecule has 2 aromatic carbocycles. The van der Waals surface area contributed by atoms with E-state index in [1.165, 1.54) is 6.07 Å². The molecule has 2 aromatic rings. The van der Waals surface area contributed by atoms with Crippen LogP contribution >= 0.6 is 0 Å². The SMILES string of the molecule is CN1CCC[C@H](CN(CCc2ccccc2)C(=O)c2ccc(F)c(F)c2)C1. The van der Waals surface area contributed by atoms with E-state index in [0.29, 0.717) is 19.0 Å². The van der Waals surface area contributed by atoms with Crippen LogP contribution in [0, 0.1) is 17.6 Å². The standard InChI is InChI=1S/C22H26F2N2O/c1-25-12-5-8-18(15-25)16-26(13-11-17-6-3-2-4-7-17)22(27)19-9-10-20(23)21(24)14-19/h2-4,6-7,9-10,14,18H,5,8,11-13,15-16H2,1H3/t18-/m0/s1. The van der Waals surface area contributed by atoms with Crippen LogP contribution in [0.2, 0.25) is 0 Å². The summed E-state index contributed by atoms with van der Waals surface area (Å²) in [5, 5.41) is 0. The fraction of sp³-hybridized carbons (Fsp3) is 0.409. The van der Waals surface area contributed by atoms with Crippen LogP contribution in [0.4, 0.5) is 8.78 Å². The molecular formula is C22H26F2N2O. The van der Waals surface area contributed by atoms with Gasteiger partial charge in [-0.05, 0) is 62.5 Å². The molecule has 0 N–H and O–H groups in total. The van der Waals surface area contributed by atoms with E-state index in [9.17, 15) is 13.6 Å². The highest BCUT2D eigenvalue weighted by Gasteiger charge is 2.24. The van der Waals surface area contributed by atoms with Gasteiger partial charge in [-0.2, -0.15) is 0 Å². The summed E-state index contributed by atoms with van der Waals surface area (Å²) in [6, 6.07) is 13.4. The molecule has 3 nitrogen and oxygen atoms in total. The highest BCUT2D eigenvalue weighted by atomic mass is 19.2. The van der Waals surface area contributed by atoms with Crippen molar-refractivity contribution in [1.82, 2.24) is 9.80 Å². The van der Waals surface area contributed by atoms with Gasteiger partial charge in [0.05, 0.1) is 0 Å². The molecule has 1 aliphatic rings. The Labute approximate surface area is 159 Å². The van der Waals surface area contributed by atoms with Crippen LogP contribution in [0.1, 0.15) is 28.8 Å². The van der Waals surface area contributed by atoms with Crippen molar-refractivity contribution in [2.45, 2.75) is 19.3 Å². The summed E-state index contributed by atoms with van der Waals surface area (Å²) in [6.07, 6.45) is 2.93. The van der Waals surface area contributed by atoms with Crippen LogP contribution in [-0.4, -0.2) is 48.9 Å². The quantitative estimate of drug-likeness (QED) is 0.765. The van der Waals surface area contributed by atoms with Gasteiger partial charge in [-0.25, -0.2) is 8.78 Å². The molecule has 144 valence electrons. The summed E-state index contributed by atoms with van der Waals surface area (Å²) in [5.41, 5.74) is 1.35. The number of hydrogen-bond donors (Lipinski definition) is 0. The van der Waals surface area contributed by atoms with Gasteiger partial charge in [0, 0.05) is 25.2 Å². The van der Waals surface area contributed by atoms with E-state index in [4.69, 9.17) is 0 Å². The molecule has 0 aromatic heterocycles. The smallest absolute Gasteiger partial charge is 0.253 e. The minimum atomic E-state index is -0.985. The molecule has 1 amide bonds. The lowest BCUT2D eigenvalue weighted by molar-refractivity contribution is 0.0692. The van der Waals surface area contributed by atoms with E-state index in [1.807, 2.05) is 30.3 Å². The predicted molar refractivity (Wildman–Crippen MR) is 103 cm³/mol. The average molecular weight is 372 g/mol. The second-order valence-corrected chi connectivity index (χ2v) is 7.39. The number of likely N-dealkylation sites (tertiary alicyclic amines) is 1. The van der Waals surface area contributed by atoms with Gasteiger partial charge in [0.25, 0.3) is 5.91 Å². The molecule has 3 rings (SSSR count). The first-order valence-corrected chi connectivity index (χ1v) is 9.49. The Morgan fingerprint density at radius 1 is 1.15 bits per heavy atom. The van der Waals surface area contributed by atoms with E-state index >= 15 is 0 Å². The Kier molecular flexibility index (Phi) is 6.56. The fourth-order valence-electron chi connectivity index (χ4n) is 3.73. The predicted octanol–water partition coefficient (Wildman–Crippen LogP) is 3.99. The zero-order valence-electron chi connectivity index (χ0n) is 15.7. The van der Waals surface area contributed by atoms with E-state index in [0.717, 1.165) is 50.0 Å². The number of rotatable bonds is 6. The summed E-state index contributed by atoms with van der Waals surface area (Å²) in [4.78, 5) is 17.1. The Morgan fingerprint density at radius 2 is 1.93 bits per heavy atom. The van der Waals surface area contributed by atoms with Crippen LogP contribution in [0.3, 0.4) is 0 Å². The summed E-state index contributed by atoms with van der Waals surface area (Å²) in [5.74, 6) is -1.76. The van der Waals surface area contributed by atoms with Crippen molar-refractivity contribution in [3.63, 3.8) is 0 Å². The maximum Gasteiger partial charge on any atom is 0.253 e. The third-order valence-electron chi connectivity index (χ3n) is 5.17. The Hall–Kier alpha value is -2.27. The topological polar surface area (TPSA) is 23.6 Å². The molecule has 1 fully saturated rings. The molecule has 0 spiro atoms. The molecule has 0 unspecified atom stereocenters. The molecule has 1 saturated heterocycles. The number of carbonyl (C=O) groups excluding carboxylic acids is 1. The van der Waals surface area contributed by atoms with Crippen molar-refractivity contribution in [2.75, 3.05) is 33.2 Å². The lowest BCUT2D eigenvalue weighted by atomic mass is 9.97. The van der Waals surface area contributed by atoms with Crippen LogP contribution in [0.15, 0.2) is 48.5 Å². The van der Waals surface area contributed by atoms with E-state index < -0.39 is 11.6 Å². The van der Waals surface area contributed by atoms with Crippen molar-refractivity contribution >= 4 is 5.91 Å². The number of hydrogen-bond acceptors (Lipinski definition) is 2. The number of benzene rings is 2. The third kappa shape index (κ3) is 5.36. The van der Waals surface area contributed by atoms with Crippen molar-refractivity contribution in [3.8, 4) is 0 Å². The molecule has 1 atom stereocenters. The van der Waals surface area contributed by atoms with Crippen molar-refractivity contribution in [2.24, 2.45) is 5.92 Å². The number of halogens is 2. The highest BCUT2D eigenvalue weighted by molar-refractivity contribution is 5.94. The molecule has 0 aliphatic carbocycles. The Morgan fingerprint density at radius 3 is 2.63 bits per heavy atom. The summed E-state index contributed by atoms with van der Waals surface area (Å²) < 4.78 is 26.9.